The third kappa shape index (κ3) is 4.11. The fraction of sp³-hybridized carbons (Fsp3) is 0.250. The molecule has 75 valence electrons. The van der Waals surface area contributed by atoms with Crippen molar-refractivity contribution in [3.8, 4) is 0 Å². The summed E-state index contributed by atoms with van der Waals surface area (Å²) in [6, 6.07) is 6.92. The molecule has 0 saturated heterocycles. The Morgan fingerprint density at radius 2 is 1.93 bits per heavy atom. The van der Waals surface area contributed by atoms with Crippen LogP contribution in [0.5, 0.6) is 0 Å². The lowest BCUT2D eigenvalue weighted by Gasteiger charge is -2.06. The minimum Gasteiger partial charge on any atom is -0.269 e. The molecule has 0 aliphatic rings. The summed E-state index contributed by atoms with van der Waals surface area (Å²) in [4.78, 5) is 0. The maximum absolute atomic E-state index is 10.5. The third-order valence-electron chi connectivity index (χ3n) is 1.64. The average molecular weight is 228 g/mol. The van der Waals surface area contributed by atoms with E-state index in [4.69, 9.17) is 4.55 Å². The molecule has 1 rings (SSSR count). The maximum Gasteiger partial charge on any atom is 0.357 e. The zero-order chi connectivity index (χ0) is 9.90. The molecule has 0 unspecified atom stereocenters. The van der Waals surface area contributed by atoms with Crippen molar-refractivity contribution in [2.45, 2.75) is 13.3 Å². The topological polar surface area (TPSA) is 66.4 Å². The van der Waals surface area contributed by atoms with Gasteiger partial charge in [0.1, 0.15) is 0 Å². The van der Waals surface area contributed by atoms with Crippen molar-refractivity contribution in [3.63, 3.8) is 0 Å². The molecule has 0 saturated carbocycles. The first kappa shape index (κ1) is 13.5. The second-order valence-corrected chi connectivity index (χ2v) is 3.74. The number of nitrogens with one attached hydrogen (secondary N) is 1. The van der Waals surface area contributed by atoms with Gasteiger partial charge in [-0.25, -0.2) is 0 Å². The van der Waals surface area contributed by atoms with Crippen LogP contribution in [0, 0.1) is 0 Å². The first-order valence-electron chi connectivity index (χ1n) is 3.86. The van der Waals surface area contributed by atoms with Gasteiger partial charge >= 0.3 is 10.3 Å². The highest BCUT2D eigenvalue weighted by molar-refractivity contribution is 7.87. The summed E-state index contributed by atoms with van der Waals surface area (Å²) in [6.45, 7) is 1.91. The summed E-state index contributed by atoms with van der Waals surface area (Å²) >= 11 is 0. The molecule has 0 atom stereocenters. The van der Waals surface area contributed by atoms with Crippen LogP contribution in [0.2, 0.25) is 0 Å². The molecule has 0 amide bonds. The first-order chi connectivity index (χ1) is 6.03. The van der Waals surface area contributed by atoms with Crippen molar-refractivity contribution in [2.24, 2.45) is 0 Å². The molecule has 14 heavy (non-hydrogen) atoms. The Bertz CT molecular complexity index is 391. The molecule has 3 radical (unpaired) electrons. The average Bonchev–Trinajstić information content (AvgIpc) is 2.02. The highest BCUT2D eigenvalue weighted by atomic mass is 32.2. The highest BCUT2D eigenvalue weighted by Gasteiger charge is 2.06. The van der Waals surface area contributed by atoms with Gasteiger partial charge in [-0.1, -0.05) is 25.1 Å². The molecular formula is C8H11AlNO3S. The van der Waals surface area contributed by atoms with E-state index in [-0.39, 0.29) is 17.4 Å². The second-order valence-electron chi connectivity index (χ2n) is 2.59. The predicted octanol–water partition coefficient (Wildman–Crippen LogP) is 1.08. The van der Waals surface area contributed by atoms with Gasteiger partial charge in [0.2, 0.25) is 0 Å². The van der Waals surface area contributed by atoms with E-state index in [0.717, 1.165) is 5.56 Å². The van der Waals surface area contributed by atoms with Gasteiger partial charge in [0, 0.05) is 17.4 Å². The number of hydrogen-bond acceptors (Lipinski definition) is 2. The van der Waals surface area contributed by atoms with Gasteiger partial charge < -0.3 is 0 Å². The lowest BCUT2D eigenvalue weighted by Crippen LogP contribution is -2.11. The molecule has 0 spiro atoms. The molecule has 0 bridgehead atoms. The lowest BCUT2D eigenvalue weighted by atomic mass is 10.1. The summed E-state index contributed by atoms with van der Waals surface area (Å²) in [7, 11) is -4.16. The van der Waals surface area contributed by atoms with Crippen LogP contribution < -0.4 is 4.72 Å². The van der Waals surface area contributed by atoms with Crippen molar-refractivity contribution >= 4 is 33.4 Å². The molecule has 1 aromatic carbocycles. The summed E-state index contributed by atoms with van der Waals surface area (Å²) in [6.07, 6.45) is 0.707. The molecule has 0 aromatic heterocycles. The third-order valence-corrected chi connectivity index (χ3v) is 2.12. The van der Waals surface area contributed by atoms with E-state index in [1.807, 2.05) is 17.7 Å². The number of hydrogen-bond donors (Lipinski definition) is 2. The molecular weight excluding hydrogens is 217 g/mol. The Morgan fingerprint density at radius 1 is 1.36 bits per heavy atom. The maximum atomic E-state index is 10.5. The summed E-state index contributed by atoms with van der Waals surface area (Å²) in [5, 5.41) is 0. The molecule has 0 fully saturated rings. The molecule has 6 heteroatoms. The van der Waals surface area contributed by atoms with Crippen molar-refractivity contribution < 1.29 is 13.0 Å². The van der Waals surface area contributed by atoms with Crippen LogP contribution in [-0.2, 0) is 16.7 Å². The molecule has 4 nitrogen and oxygen atoms in total. The van der Waals surface area contributed by atoms with Crippen LogP contribution in [0.25, 0.3) is 0 Å². The van der Waals surface area contributed by atoms with Gasteiger partial charge in [-0.3, -0.25) is 9.27 Å². The van der Waals surface area contributed by atoms with E-state index in [2.05, 4.69) is 0 Å². The van der Waals surface area contributed by atoms with Gasteiger partial charge in [-0.15, -0.1) is 0 Å². The fourth-order valence-corrected chi connectivity index (χ4v) is 1.54. The van der Waals surface area contributed by atoms with E-state index in [9.17, 15) is 8.42 Å². The smallest absolute Gasteiger partial charge is 0.269 e. The van der Waals surface area contributed by atoms with Crippen molar-refractivity contribution in [1.29, 1.82) is 0 Å². The predicted molar refractivity (Wildman–Crippen MR) is 56.7 cm³/mol. The summed E-state index contributed by atoms with van der Waals surface area (Å²) in [5.74, 6) is 0. The molecule has 0 aliphatic carbocycles. The van der Waals surface area contributed by atoms with Gasteiger partial charge in [0.25, 0.3) is 0 Å². The van der Waals surface area contributed by atoms with Crippen LogP contribution in [-0.4, -0.2) is 30.3 Å². The Balaban J connectivity index is 0.00000169. The Labute approximate surface area is 94.3 Å². The molecule has 1 aromatic rings. The van der Waals surface area contributed by atoms with Gasteiger partial charge in [-0.2, -0.15) is 8.42 Å². The van der Waals surface area contributed by atoms with E-state index >= 15 is 0 Å². The van der Waals surface area contributed by atoms with Crippen LogP contribution in [0.15, 0.2) is 24.3 Å². The minimum absolute atomic E-state index is 0. The lowest BCUT2D eigenvalue weighted by molar-refractivity contribution is 0.489. The first-order valence-corrected chi connectivity index (χ1v) is 5.30. The highest BCUT2D eigenvalue weighted by Crippen LogP contribution is 2.15. The van der Waals surface area contributed by atoms with E-state index in [1.165, 1.54) is 0 Å². The number of benzene rings is 1. The summed E-state index contributed by atoms with van der Waals surface area (Å²) < 4.78 is 31.6. The largest absolute Gasteiger partial charge is 0.357 e. The van der Waals surface area contributed by atoms with Gasteiger partial charge in [0.15, 0.2) is 0 Å². The standard InChI is InChI=1S/C8H11NO3S.Al/c1-2-7-5-3-4-6-8(7)9-13(10,11)12;/h3-6,9H,2H2,1H3,(H,10,11,12);. The Hall–Kier alpha value is -0.538. The minimum atomic E-state index is -4.16. The monoisotopic (exact) mass is 228 g/mol. The van der Waals surface area contributed by atoms with Crippen molar-refractivity contribution in [1.82, 2.24) is 0 Å². The van der Waals surface area contributed by atoms with E-state index < -0.39 is 10.3 Å². The SMILES string of the molecule is CCc1ccccc1NS(=O)(=O)O.[Al]. The van der Waals surface area contributed by atoms with Gasteiger partial charge in [0.05, 0.1) is 5.69 Å². The van der Waals surface area contributed by atoms with Crippen LogP contribution in [0.3, 0.4) is 0 Å². The zero-order valence-electron chi connectivity index (χ0n) is 7.77. The Kier molecular flexibility index (Phi) is 5.16. The normalized spacial score (nSPS) is 10.4. The molecule has 0 aliphatic heterocycles. The quantitative estimate of drug-likeness (QED) is 0.601. The van der Waals surface area contributed by atoms with Crippen LogP contribution in [0.4, 0.5) is 5.69 Å². The zero-order valence-corrected chi connectivity index (χ0v) is 9.74. The van der Waals surface area contributed by atoms with Crippen molar-refractivity contribution in [2.75, 3.05) is 4.72 Å². The molecule has 2 N–H and O–H groups in total. The van der Waals surface area contributed by atoms with Crippen LogP contribution in [0.1, 0.15) is 12.5 Å². The van der Waals surface area contributed by atoms with E-state index in [1.54, 1.807) is 18.2 Å². The summed E-state index contributed by atoms with van der Waals surface area (Å²) in [5.41, 5.74) is 1.27. The molecule has 0 heterocycles. The number of anilines is 1. The van der Waals surface area contributed by atoms with Crippen molar-refractivity contribution in [3.05, 3.63) is 29.8 Å². The fourth-order valence-electron chi connectivity index (χ4n) is 1.07. The number of rotatable bonds is 3. The number of aryl methyl sites for hydroxylation is 1. The van der Waals surface area contributed by atoms with Gasteiger partial charge in [-0.05, 0) is 18.1 Å². The van der Waals surface area contributed by atoms with Crippen LogP contribution >= 0.6 is 0 Å². The Morgan fingerprint density at radius 3 is 2.43 bits per heavy atom. The second kappa shape index (κ2) is 5.37. The van der Waals surface area contributed by atoms with E-state index in [0.29, 0.717) is 12.1 Å². The number of para-hydroxylation sites is 1.